The van der Waals surface area contributed by atoms with Gasteiger partial charge in [0.25, 0.3) is 0 Å². The molecule has 0 saturated carbocycles. The van der Waals surface area contributed by atoms with Crippen LogP contribution in [0, 0.1) is 0 Å². The average molecular weight is 454 g/mol. The molecule has 2 atom stereocenters. The van der Waals surface area contributed by atoms with Crippen molar-refractivity contribution in [1.29, 1.82) is 0 Å². The summed E-state index contributed by atoms with van der Waals surface area (Å²) in [6, 6.07) is 12.7. The summed E-state index contributed by atoms with van der Waals surface area (Å²) < 4.78 is 19.3. The van der Waals surface area contributed by atoms with Crippen molar-refractivity contribution < 1.29 is 13.9 Å². The lowest BCUT2D eigenvalue weighted by molar-refractivity contribution is -0.120. The number of carbonyl (C=O) groups is 1. The van der Waals surface area contributed by atoms with E-state index in [0.29, 0.717) is 15.6 Å². The number of halogens is 2. The van der Waals surface area contributed by atoms with Gasteiger partial charge >= 0.3 is 0 Å². The minimum atomic E-state index is -3.28. The Hall–Kier alpha value is -1.62. The van der Waals surface area contributed by atoms with Crippen LogP contribution in [0.4, 0.5) is 0 Å². The van der Waals surface area contributed by atoms with Gasteiger partial charge in [-0.2, -0.15) is 0 Å². The second-order valence-electron chi connectivity index (χ2n) is 6.19. The first-order valence-electron chi connectivity index (χ1n) is 8.34. The van der Waals surface area contributed by atoms with Crippen molar-refractivity contribution in [3.8, 4) is 0 Å². The van der Waals surface area contributed by atoms with E-state index in [0.717, 1.165) is 15.6 Å². The summed E-state index contributed by atoms with van der Waals surface area (Å²) in [5.74, 6) is -0.421. The van der Waals surface area contributed by atoms with Crippen LogP contribution in [0.3, 0.4) is 0 Å². The van der Waals surface area contributed by atoms with Gasteiger partial charge in [0.2, 0.25) is 13.3 Å². The van der Waals surface area contributed by atoms with Crippen molar-refractivity contribution in [3.05, 3.63) is 75.2 Å². The number of rotatable bonds is 6. The molecular weight excluding hydrogens is 436 g/mol. The molecule has 0 aliphatic carbocycles. The maximum absolute atomic E-state index is 13.1. The molecule has 0 radical (unpaired) electrons. The SMILES string of the molecule is COP(C)(=O)C(C(=O)N/C=C/c1ccccc1Cl)c1csc2ccc(Cl)cc12. The molecule has 0 aliphatic heterocycles. The number of benzene rings is 2. The number of hydrogen-bond acceptors (Lipinski definition) is 4. The normalized spacial score (nSPS) is 14.9. The van der Waals surface area contributed by atoms with Gasteiger partial charge < -0.3 is 9.84 Å². The van der Waals surface area contributed by atoms with E-state index in [-0.39, 0.29) is 0 Å². The lowest BCUT2D eigenvalue weighted by Crippen LogP contribution is -2.25. The number of nitrogens with one attached hydrogen (secondary N) is 1. The van der Waals surface area contributed by atoms with Crippen molar-refractivity contribution in [2.24, 2.45) is 0 Å². The lowest BCUT2D eigenvalue weighted by atomic mass is 10.1. The molecule has 8 heteroatoms. The van der Waals surface area contributed by atoms with Crippen molar-refractivity contribution in [3.63, 3.8) is 0 Å². The van der Waals surface area contributed by atoms with Crippen molar-refractivity contribution in [2.45, 2.75) is 5.66 Å². The minimum absolute atomic E-state index is 0.421. The quantitative estimate of drug-likeness (QED) is 0.428. The molecule has 0 bridgehead atoms. The van der Waals surface area contributed by atoms with Gasteiger partial charge in [0.15, 0.2) is 0 Å². The molecule has 4 nitrogen and oxygen atoms in total. The van der Waals surface area contributed by atoms with Gasteiger partial charge in [-0.05, 0) is 52.2 Å². The van der Waals surface area contributed by atoms with Crippen LogP contribution in [0.15, 0.2) is 54.0 Å². The second-order valence-corrected chi connectivity index (χ2v) is 10.6. The zero-order chi connectivity index (χ0) is 20.3. The van der Waals surface area contributed by atoms with Gasteiger partial charge in [0, 0.05) is 34.7 Å². The predicted molar refractivity (Wildman–Crippen MR) is 119 cm³/mol. The third-order valence-corrected chi connectivity index (χ3v) is 8.07. The van der Waals surface area contributed by atoms with E-state index in [2.05, 4.69) is 5.32 Å². The first-order chi connectivity index (χ1) is 13.3. The molecule has 1 heterocycles. The largest absolute Gasteiger partial charge is 0.332 e. The first-order valence-corrected chi connectivity index (χ1v) is 12.1. The third-order valence-electron chi connectivity index (χ3n) is 4.33. The zero-order valence-corrected chi connectivity index (χ0v) is 18.4. The predicted octanol–water partition coefficient (Wildman–Crippen LogP) is 6.59. The molecule has 3 aromatic rings. The maximum Gasteiger partial charge on any atom is 0.241 e. The van der Waals surface area contributed by atoms with Crippen LogP contribution in [-0.2, 0) is 13.9 Å². The Bertz CT molecular complexity index is 1100. The van der Waals surface area contributed by atoms with E-state index in [1.54, 1.807) is 24.3 Å². The van der Waals surface area contributed by atoms with Crippen LogP contribution >= 0.6 is 41.9 Å². The van der Waals surface area contributed by atoms with E-state index >= 15 is 0 Å². The van der Waals surface area contributed by atoms with E-state index in [9.17, 15) is 9.36 Å². The molecule has 146 valence electrons. The Balaban J connectivity index is 1.94. The van der Waals surface area contributed by atoms with Gasteiger partial charge in [-0.25, -0.2) is 0 Å². The smallest absolute Gasteiger partial charge is 0.241 e. The van der Waals surface area contributed by atoms with Crippen molar-refractivity contribution in [2.75, 3.05) is 13.8 Å². The summed E-state index contributed by atoms with van der Waals surface area (Å²) in [6.45, 7) is 1.46. The summed E-state index contributed by atoms with van der Waals surface area (Å²) >= 11 is 13.7. The van der Waals surface area contributed by atoms with Gasteiger partial charge in [0.1, 0.15) is 5.66 Å². The molecule has 0 saturated heterocycles. The highest BCUT2D eigenvalue weighted by Crippen LogP contribution is 2.58. The van der Waals surface area contributed by atoms with Crippen LogP contribution < -0.4 is 5.32 Å². The fourth-order valence-corrected chi connectivity index (χ4v) is 5.72. The monoisotopic (exact) mass is 453 g/mol. The fraction of sp³-hybridized carbons (Fsp3) is 0.150. The number of thiophene rings is 1. The highest BCUT2D eigenvalue weighted by molar-refractivity contribution is 7.59. The average Bonchev–Trinajstić information content (AvgIpc) is 3.06. The molecule has 0 fully saturated rings. The summed E-state index contributed by atoms with van der Waals surface area (Å²) in [4.78, 5) is 13.0. The van der Waals surface area contributed by atoms with Crippen molar-refractivity contribution >= 4 is 64.0 Å². The Morgan fingerprint density at radius 2 is 2.00 bits per heavy atom. The molecule has 2 unspecified atom stereocenters. The molecule has 28 heavy (non-hydrogen) atoms. The van der Waals surface area contributed by atoms with Gasteiger partial charge in [-0.3, -0.25) is 9.36 Å². The Morgan fingerprint density at radius 3 is 2.71 bits per heavy atom. The number of fused-ring (bicyclic) bond motifs is 1. The number of hydrogen-bond donors (Lipinski definition) is 1. The van der Waals surface area contributed by atoms with Crippen LogP contribution in [-0.4, -0.2) is 19.7 Å². The van der Waals surface area contributed by atoms with Crippen LogP contribution in [0.25, 0.3) is 16.2 Å². The molecule has 2 aromatic carbocycles. The first kappa shape index (κ1) is 21.1. The van der Waals surface area contributed by atoms with Crippen LogP contribution in [0.1, 0.15) is 16.8 Å². The molecule has 1 N–H and O–H groups in total. The number of amides is 1. The zero-order valence-electron chi connectivity index (χ0n) is 15.2. The molecule has 1 amide bonds. The summed E-state index contributed by atoms with van der Waals surface area (Å²) in [5.41, 5.74) is 0.444. The Morgan fingerprint density at radius 1 is 1.25 bits per heavy atom. The topological polar surface area (TPSA) is 55.4 Å². The van der Waals surface area contributed by atoms with E-state index in [1.807, 2.05) is 29.6 Å². The Labute approximate surface area is 177 Å². The van der Waals surface area contributed by atoms with Gasteiger partial charge in [-0.15, -0.1) is 11.3 Å². The van der Waals surface area contributed by atoms with E-state index in [1.165, 1.54) is 31.3 Å². The minimum Gasteiger partial charge on any atom is -0.332 e. The molecule has 1 aromatic heterocycles. The molecular formula is C20H18Cl2NO3PS. The summed E-state index contributed by atoms with van der Waals surface area (Å²) in [6.07, 6.45) is 3.18. The molecule has 3 rings (SSSR count). The second kappa shape index (κ2) is 8.81. The summed E-state index contributed by atoms with van der Waals surface area (Å²) in [5, 5.41) is 6.46. The standard InChI is InChI=1S/C20H18Cl2NO3PS/c1-26-27(2,25)19(16-12-28-18-8-7-14(21)11-15(16)18)20(24)23-10-9-13-5-3-4-6-17(13)22/h3-12,19H,1-2H3,(H,23,24)/b10-9+. The van der Waals surface area contributed by atoms with E-state index in [4.69, 9.17) is 27.7 Å². The fourth-order valence-electron chi connectivity index (χ4n) is 2.85. The van der Waals surface area contributed by atoms with Gasteiger partial charge in [-0.1, -0.05) is 41.4 Å². The Kier molecular flexibility index (Phi) is 6.64. The van der Waals surface area contributed by atoms with E-state index < -0.39 is 18.9 Å². The molecule has 0 spiro atoms. The summed E-state index contributed by atoms with van der Waals surface area (Å²) in [7, 11) is -1.93. The number of carbonyl (C=O) groups excluding carboxylic acids is 1. The van der Waals surface area contributed by atoms with Crippen molar-refractivity contribution in [1.82, 2.24) is 5.32 Å². The molecule has 0 aliphatic rings. The maximum atomic E-state index is 13.1. The van der Waals surface area contributed by atoms with Gasteiger partial charge in [0.05, 0.1) is 0 Å². The van der Waals surface area contributed by atoms with Crippen LogP contribution in [0.2, 0.25) is 10.0 Å². The lowest BCUT2D eigenvalue weighted by Gasteiger charge is -2.21. The van der Waals surface area contributed by atoms with Crippen LogP contribution in [0.5, 0.6) is 0 Å². The highest BCUT2D eigenvalue weighted by Gasteiger charge is 2.37. The third kappa shape index (κ3) is 4.51. The highest BCUT2D eigenvalue weighted by atomic mass is 35.5.